The molecule has 1 atom stereocenters. The number of rotatable bonds is 6. The van der Waals surface area contributed by atoms with E-state index in [1.54, 1.807) is 25.3 Å². The Balaban J connectivity index is 2.37. The second-order valence-electron chi connectivity index (χ2n) is 6.16. The fraction of sp³-hybridized carbons (Fsp3) is 0.562. The summed E-state index contributed by atoms with van der Waals surface area (Å²) in [6.07, 6.45) is -0.437. The number of carbonyl (C=O) groups excluding carboxylic acids is 1. The number of nitrogens with one attached hydrogen (secondary N) is 2. The first-order valence-electron chi connectivity index (χ1n) is 7.27. The number of phenolic OH excluding ortho intramolecular Hbond substituents is 1. The molecule has 1 amide bonds. The second-order valence-corrected chi connectivity index (χ2v) is 6.16. The van der Waals surface area contributed by atoms with Gasteiger partial charge < -0.3 is 25.2 Å². The summed E-state index contributed by atoms with van der Waals surface area (Å²) >= 11 is 0. The SMILES string of the molecule is COc1ccc(CNC(C)CNC(=O)OC(C)(C)C)c(O)c1. The summed E-state index contributed by atoms with van der Waals surface area (Å²) in [5, 5.41) is 15.8. The lowest BCUT2D eigenvalue weighted by Gasteiger charge is -2.21. The summed E-state index contributed by atoms with van der Waals surface area (Å²) in [6, 6.07) is 5.20. The van der Waals surface area contributed by atoms with Gasteiger partial charge in [-0.15, -0.1) is 0 Å². The molecule has 6 heteroatoms. The maximum Gasteiger partial charge on any atom is 0.407 e. The molecular weight excluding hydrogens is 284 g/mol. The Labute approximate surface area is 131 Å². The zero-order valence-corrected chi connectivity index (χ0v) is 13.9. The molecule has 3 N–H and O–H groups in total. The lowest BCUT2D eigenvalue weighted by atomic mass is 10.2. The third-order valence-corrected chi connectivity index (χ3v) is 2.88. The van der Waals surface area contributed by atoms with Gasteiger partial charge >= 0.3 is 6.09 Å². The van der Waals surface area contributed by atoms with Crippen LogP contribution in [0, 0.1) is 0 Å². The number of methoxy groups -OCH3 is 1. The normalized spacial score (nSPS) is 12.6. The molecule has 0 saturated heterocycles. The minimum atomic E-state index is -0.504. The molecule has 0 aromatic heterocycles. The molecule has 1 aromatic carbocycles. The number of alkyl carbamates (subject to hydrolysis) is 1. The summed E-state index contributed by atoms with van der Waals surface area (Å²) in [4.78, 5) is 11.5. The van der Waals surface area contributed by atoms with E-state index in [1.165, 1.54) is 0 Å². The van der Waals surface area contributed by atoms with Crippen molar-refractivity contribution >= 4 is 6.09 Å². The highest BCUT2D eigenvalue weighted by Gasteiger charge is 2.16. The summed E-state index contributed by atoms with van der Waals surface area (Å²) in [5.74, 6) is 0.792. The molecule has 124 valence electrons. The molecule has 0 saturated carbocycles. The summed E-state index contributed by atoms with van der Waals surface area (Å²) in [5.41, 5.74) is 0.264. The van der Waals surface area contributed by atoms with Crippen molar-refractivity contribution in [1.29, 1.82) is 0 Å². The van der Waals surface area contributed by atoms with Crippen LogP contribution in [0.4, 0.5) is 4.79 Å². The molecule has 0 aliphatic carbocycles. The Morgan fingerprint density at radius 2 is 2.05 bits per heavy atom. The van der Waals surface area contributed by atoms with Crippen LogP contribution in [0.3, 0.4) is 0 Å². The number of ether oxygens (including phenoxy) is 2. The topological polar surface area (TPSA) is 79.8 Å². The Morgan fingerprint density at radius 3 is 2.59 bits per heavy atom. The summed E-state index contributed by atoms with van der Waals surface area (Å²) < 4.78 is 10.2. The van der Waals surface area contributed by atoms with Crippen LogP contribution >= 0.6 is 0 Å². The Hall–Kier alpha value is -1.95. The average molecular weight is 310 g/mol. The minimum Gasteiger partial charge on any atom is -0.507 e. The Kier molecular flexibility index (Phi) is 6.49. The third kappa shape index (κ3) is 6.67. The maximum atomic E-state index is 11.5. The quantitative estimate of drug-likeness (QED) is 0.752. The highest BCUT2D eigenvalue weighted by molar-refractivity contribution is 5.67. The van der Waals surface area contributed by atoms with Crippen molar-refractivity contribution < 1.29 is 19.4 Å². The van der Waals surface area contributed by atoms with Crippen LogP contribution in [0.5, 0.6) is 11.5 Å². The van der Waals surface area contributed by atoms with E-state index in [0.717, 1.165) is 5.56 Å². The van der Waals surface area contributed by atoms with Crippen LogP contribution in [0.1, 0.15) is 33.3 Å². The van der Waals surface area contributed by atoms with Crippen molar-refractivity contribution in [1.82, 2.24) is 10.6 Å². The van der Waals surface area contributed by atoms with Crippen molar-refractivity contribution in [2.24, 2.45) is 0 Å². The monoisotopic (exact) mass is 310 g/mol. The van der Waals surface area contributed by atoms with Gasteiger partial charge in [-0.3, -0.25) is 0 Å². The van der Waals surface area contributed by atoms with Gasteiger partial charge in [0.25, 0.3) is 0 Å². The van der Waals surface area contributed by atoms with Crippen LogP contribution in [0.2, 0.25) is 0 Å². The van der Waals surface area contributed by atoms with Gasteiger partial charge in [0.15, 0.2) is 0 Å². The molecule has 1 rings (SSSR count). The Bertz CT molecular complexity index is 497. The fourth-order valence-corrected chi connectivity index (χ4v) is 1.73. The number of aromatic hydroxyl groups is 1. The first kappa shape index (κ1) is 18.1. The minimum absolute atomic E-state index is 0.0361. The van der Waals surface area contributed by atoms with Gasteiger partial charge in [0.2, 0.25) is 0 Å². The number of hydrogen-bond acceptors (Lipinski definition) is 5. The van der Waals surface area contributed by atoms with E-state index in [4.69, 9.17) is 9.47 Å². The molecule has 0 heterocycles. The second kappa shape index (κ2) is 7.89. The molecule has 0 fully saturated rings. The number of hydrogen-bond donors (Lipinski definition) is 3. The average Bonchev–Trinajstić information content (AvgIpc) is 2.41. The molecule has 1 unspecified atom stereocenters. The van der Waals surface area contributed by atoms with E-state index < -0.39 is 11.7 Å². The van der Waals surface area contributed by atoms with Gasteiger partial charge in [-0.25, -0.2) is 4.79 Å². The number of benzene rings is 1. The van der Waals surface area contributed by atoms with Crippen LogP contribution < -0.4 is 15.4 Å². The van der Waals surface area contributed by atoms with E-state index in [0.29, 0.717) is 18.8 Å². The standard InChI is InChI=1S/C16H26N2O4/c1-11(9-18-15(20)22-16(2,3)4)17-10-12-6-7-13(21-5)8-14(12)19/h6-8,11,17,19H,9-10H2,1-5H3,(H,18,20). The zero-order chi connectivity index (χ0) is 16.8. The predicted octanol–water partition coefficient (Wildman–Crippen LogP) is 2.40. The van der Waals surface area contributed by atoms with Crippen LogP contribution in [0.15, 0.2) is 18.2 Å². The number of amides is 1. The van der Waals surface area contributed by atoms with Crippen LogP contribution in [-0.2, 0) is 11.3 Å². The molecule has 0 aliphatic heterocycles. The van der Waals surface area contributed by atoms with Gasteiger partial charge in [0.05, 0.1) is 7.11 Å². The smallest absolute Gasteiger partial charge is 0.407 e. The highest BCUT2D eigenvalue weighted by atomic mass is 16.6. The zero-order valence-electron chi connectivity index (χ0n) is 13.9. The predicted molar refractivity (Wildman–Crippen MR) is 85.2 cm³/mol. The van der Waals surface area contributed by atoms with Gasteiger partial charge in [-0.2, -0.15) is 0 Å². The lowest BCUT2D eigenvalue weighted by molar-refractivity contribution is 0.0523. The number of phenols is 1. The molecule has 0 spiro atoms. The van der Waals surface area contributed by atoms with E-state index in [2.05, 4.69) is 10.6 Å². The summed E-state index contributed by atoms with van der Waals surface area (Å²) in [7, 11) is 1.55. The molecule has 22 heavy (non-hydrogen) atoms. The van der Waals surface area contributed by atoms with E-state index in [1.807, 2.05) is 27.7 Å². The van der Waals surface area contributed by atoms with Crippen LogP contribution in [-0.4, -0.2) is 36.5 Å². The van der Waals surface area contributed by atoms with E-state index in [-0.39, 0.29) is 11.8 Å². The van der Waals surface area contributed by atoms with Gasteiger partial charge in [-0.05, 0) is 33.8 Å². The fourth-order valence-electron chi connectivity index (χ4n) is 1.73. The molecule has 0 radical (unpaired) electrons. The first-order valence-corrected chi connectivity index (χ1v) is 7.27. The van der Waals surface area contributed by atoms with Crippen molar-refractivity contribution in [2.75, 3.05) is 13.7 Å². The molecule has 0 bridgehead atoms. The molecule has 6 nitrogen and oxygen atoms in total. The third-order valence-electron chi connectivity index (χ3n) is 2.88. The van der Waals surface area contributed by atoms with Crippen molar-refractivity contribution in [3.63, 3.8) is 0 Å². The lowest BCUT2D eigenvalue weighted by Crippen LogP contribution is -2.41. The van der Waals surface area contributed by atoms with Crippen molar-refractivity contribution in [3.05, 3.63) is 23.8 Å². The van der Waals surface area contributed by atoms with Crippen molar-refractivity contribution in [3.8, 4) is 11.5 Å². The van der Waals surface area contributed by atoms with E-state index >= 15 is 0 Å². The molecule has 1 aromatic rings. The number of carbonyl (C=O) groups is 1. The molecular formula is C16H26N2O4. The van der Waals surface area contributed by atoms with Gasteiger partial charge in [0.1, 0.15) is 17.1 Å². The van der Waals surface area contributed by atoms with Gasteiger partial charge in [-0.1, -0.05) is 6.07 Å². The Morgan fingerprint density at radius 1 is 1.36 bits per heavy atom. The van der Waals surface area contributed by atoms with Crippen molar-refractivity contribution in [2.45, 2.75) is 45.9 Å². The first-order chi connectivity index (χ1) is 10.2. The van der Waals surface area contributed by atoms with Crippen LogP contribution in [0.25, 0.3) is 0 Å². The largest absolute Gasteiger partial charge is 0.507 e. The maximum absolute atomic E-state index is 11.5. The molecule has 0 aliphatic rings. The highest BCUT2D eigenvalue weighted by Crippen LogP contribution is 2.23. The van der Waals surface area contributed by atoms with E-state index in [9.17, 15) is 9.90 Å². The van der Waals surface area contributed by atoms with Gasteiger partial charge in [0, 0.05) is 30.8 Å². The summed E-state index contributed by atoms with van der Waals surface area (Å²) in [6.45, 7) is 8.33.